The van der Waals surface area contributed by atoms with Crippen molar-refractivity contribution in [1.29, 1.82) is 0 Å². The van der Waals surface area contributed by atoms with Crippen molar-refractivity contribution in [3.63, 3.8) is 0 Å². The Labute approximate surface area is 178 Å². The van der Waals surface area contributed by atoms with Gasteiger partial charge in [-0.1, -0.05) is 53.6 Å². The van der Waals surface area contributed by atoms with Gasteiger partial charge in [0.1, 0.15) is 29.8 Å². The van der Waals surface area contributed by atoms with Crippen molar-refractivity contribution >= 4 is 17.7 Å². The molecule has 0 N–H and O–H groups in total. The maximum absolute atomic E-state index is 12.7. The molecule has 2 heterocycles. The van der Waals surface area contributed by atoms with Crippen LogP contribution in [0.5, 0.6) is 0 Å². The Morgan fingerprint density at radius 2 is 1.83 bits per heavy atom. The number of rotatable bonds is 5. The summed E-state index contributed by atoms with van der Waals surface area (Å²) in [4.78, 5) is 15.7. The van der Waals surface area contributed by atoms with Gasteiger partial charge >= 0.3 is 5.97 Å². The molecule has 6 atom stereocenters. The van der Waals surface area contributed by atoms with Crippen molar-refractivity contribution in [2.75, 3.05) is 12.9 Å². The Kier molecular flexibility index (Phi) is 6.56. The van der Waals surface area contributed by atoms with E-state index in [2.05, 4.69) is 10.0 Å². The molecule has 2 fully saturated rings. The molecule has 0 spiro atoms. The molecule has 2 aromatic carbocycles. The van der Waals surface area contributed by atoms with Crippen molar-refractivity contribution < 1.29 is 23.7 Å². The monoisotopic (exact) mass is 427 g/mol. The summed E-state index contributed by atoms with van der Waals surface area (Å²) in [7, 11) is 0. The summed E-state index contributed by atoms with van der Waals surface area (Å²) >= 11 is 1.38. The number of carbonyl (C=O) groups is 1. The van der Waals surface area contributed by atoms with E-state index in [1.54, 1.807) is 24.3 Å². The van der Waals surface area contributed by atoms with Crippen molar-refractivity contribution in [3.8, 4) is 0 Å². The van der Waals surface area contributed by atoms with Crippen LogP contribution in [-0.4, -0.2) is 48.6 Å². The number of carbonyl (C=O) groups excluding carboxylic acids is 1. The fourth-order valence-corrected chi connectivity index (χ4v) is 4.36. The van der Waals surface area contributed by atoms with Gasteiger partial charge in [-0.25, -0.2) is 4.79 Å². The van der Waals surface area contributed by atoms with Crippen molar-refractivity contribution in [2.24, 2.45) is 5.11 Å². The lowest BCUT2D eigenvalue weighted by molar-refractivity contribution is -0.296. The Morgan fingerprint density at radius 3 is 2.50 bits per heavy atom. The molecular formula is C21H21N3O5S. The summed E-state index contributed by atoms with van der Waals surface area (Å²) in [6.07, 6.45) is -0.636. The minimum atomic E-state index is -0.806. The molecule has 0 amide bonds. The van der Waals surface area contributed by atoms with E-state index < -0.39 is 42.0 Å². The fourth-order valence-electron chi connectivity index (χ4n) is 3.62. The first-order valence-electron chi connectivity index (χ1n) is 9.51. The first kappa shape index (κ1) is 20.7. The number of benzene rings is 2. The van der Waals surface area contributed by atoms with Gasteiger partial charge in [-0.15, -0.1) is 11.8 Å². The smallest absolute Gasteiger partial charge is 0.338 e. The molecule has 9 heteroatoms. The number of azide groups is 1. The average Bonchev–Trinajstić information content (AvgIpc) is 2.81. The quantitative estimate of drug-likeness (QED) is 0.308. The molecule has 156 valence electrons. The number of hydrogen-bond donors (Lipinski definition) is 0. The van der Waals surface area contributed by atoms with Gasteiger partial charge in [0.2, 0.25) is 0 Å². The van der Waals surface area contributed by atoms with Crippen LogP contribution in [0.1, 0.15) is 22.2 Å². The molecule has 0 saturated carbocycles. The van der Waals surface area contributed by atoms with Gasteiger partial charge in [0.05, 0.1) is 12.2 Å². The number of fused-ring (bicyclic) bond motifs is 1. The molecule has 0 aliphatic carbocycles. The summed E-state index contributed by atoms with van der Waals surface area (Å²) < 4.78 is 23.8. The van der Waals surface area contributed by atoms with Crippen LogP contribution in [0.4, 0.5) is 0 Å². The lowest BCUT2D eigenvalue weighted by Gasteiger charge is -2.47. The summed E-state index contributed by atoms with van der Waals surface area (Å²) in [6, 6.07) is 17.4. The van der Waals surface area contributed by atoms with Crippen LogP contribution in [-0.2, 0) is 18.9 Å². The van der Waals surface area contributed by atoms with Gasteiger partial charge in [0.25, 0.3) is 0 Å². The zero-order valence-corrected chi connectivity index (χ0v) is 17.1. The van der Waals surface area contributed by atoms with Crippen molar-refractivity contribution in [1.82, 2.24) is 0 Å². The molecular weight excluding hydrogens is 406 g/mol. The van der Waals surface area contributed by atoms with Gasteiger partial charge in [0.15, 0.2) is 6.29 Å². The molecule has 0 radical (unpaired) electrons. The van der Waals surface area contributed by atoms with E-state index in [0.29, 0.717) is 5.56 Å². The average molecular weight is 427 g/mol. The third-order valence-electron chi connectivity index (χ3n) is 5.05. The molecule has 2 aliphatic heterocycles. The van der Waals surface area contributed by atoms with E-state index in [1.807, 2.05) is 42.7 Å². The van der Waals surface area contributed by atoms with Crippen LogP contribution >= 0.6 is 11.8 Å². The molecule has 2 aliphatic rings. The predicted octanol–water partition coefficient (Wildman–Crippen LogP) is 4.09. The molecule has 30 heavy (non-hydrogen) atoms. The molecule has 4 rings (SSSR count). The van der Waals surface area contributed by atoms with Gasteiger partial charge in [-0.05, 0) is 23.9 Å². The second-order valence-electron chi connectivity index (χ2n) is 6.89. The van der Waals surface area contributed by atoms with Crippen LogP contribution in [0.15, 0.2) is 65.8 Å². The van der Waals surface area contributed by atoms with Gasteiger partial charge in [0, 0.05) is 10.5 Å². The third-order valence-corrected chi connectivity index (χ3v) is 5.89. The lowest BCUT2D eigenvalue weighted by Crippen LogP contribution is -2.61. The molecule has 0 bridgehead atoms. The normalized spacial score (nSPS) is 30.6. The van der Waals surface area contributed by atoms with Crippen LogP contribution in [0, 0.1) is 0 Å². The zero-order valence-electron chi connectivity index (χ0n) is 16.2. The predicted molar refractivity (Wildman–Crippen MR) is 111 cm³/mol. The molecule has 2 saturated heterocycles. The number of nitrogens with zero attached hydrogens (tertiary/aromatic N) is 3. The van der Waals surface area contributed by atoms with E-state index in [-0.39, 0.29) is 6.61 Å². The largest absolute Gasteiger partial charge is 0.455 e. The van der Waals surface area contributed by atoms with Crippen molar-refractivity contribution in [3.05, 3.63) is 82.2 Å². The highest BCUT2D eigenvalue weighted by Crippen LogP contribution is 2.38. The first-order chi connectivity index (χ1) is 14.7. The molecule has 2 aromatic rings. The van der Waals surface area contributed by atoms with E-state index in [1.165, 1.54) is 11.8 Å². The Morgan fingerprint density at radius 1 is 1.13 bits per heavy atom. The molecule has 0 aromatic heterocycles. The van der Waals surface area contributed by atoms with Crippen LogP contribution < -0.4 is 0 Å². The second kappa shape index (κ2) is 9.51. The van der Waals surface area contributed by atoms with Gasteiger partial charge in [-0.3, -0.25) is 0 Å². The molecule has 8 nitrogen and oxygen atoms in total. The highest BCUT2D eigenvalue weighted by atomic mass is 32.2. The van der Waals surface area contributed by atoms with Crippen LogP contribution in [0.3, 0.4) is 0 Å². The Balaban J connectivity index is 1.59. The van der Waals surface area contributed by atoms with Gasteiger partial charge in [-0.2, -0.15) is 0 Å². The first-order valence-corrected chi connectivity index (χ1v) is 10.8. The SMILES string of the molecule is CS[C@@H]1OC2COC(c3ccccc3)O[C@H]2[C@H](N=[N+]=[N-])C1OC(=O)c1ccccc1. The zero-order chi connectivity index (χ0) is 20.9. The van der Waals surface area contributed by atoms with E-state index in [9.17, 15) is 10.3 Å². The topological polar surface area (TPSA) is 103 Å². The van der Waals surface area contributed by atoms with Crippen molar-refractivity contribution in [2.45, 2.75) is 36.1 Å². The van der Waals surface area contributed by atoms with Crippen LogP contribution in [0.2, 0.25) is 0 Å². The summed E-state index contributed by atoms with van der Waals surface area (Å²) in [5.74, 6) is -0.508. The lowest BCUT2D eigenvalue weighted by atomic mass is 9.96. The number of thioether (sulfide) groups is 1. The minimum Gasteiger partial charge on any atom is -0.455 e. The maximum Gasteiger partial charge on any atom is 0.338 e. The summed E-state index contributed by atoms with van der Waals surface area (Å²) in [6.45, 7) is 0.276. The maximum atomic E-state index is 12.7. The van der Waals surface area contributed by atoms with E-state index in [0.717, 1.165) is 5.56 Å². The highest BCUT2D eigenvalue weighted by molar-refractivity contribution is 7.99. The Hall–Kier alpha value is -2.55. The standard InChI is InChI=1S/C21H21N3O5S/c1-30-21-18(28-19(25)13-8-4-2-5-9-13)16(23-24-22)17-15(27-21)12-26-20(29-17)14-10-6-3-7-11-14/h2-11,15-18,20-21H,12H2,1H3/t15?,16-,17+,18?,20?,21-/m0/s1. The molecule has 3 unspecified atom stereocenters. The highest BCUT2D eigenvalue weighted by Gasteiger charge is 2.51. The third kappa shape index (κ3) is 4.30. The summed E-state index contributed by atoms with van der Waals surface area (Å²) in [5, 5.41) is 3.95. The number of esters is 1. The summed E-state index contributed by atoms with van der Waals surface area (Å²) in [5.41, 5.74) is 9.94. The fraction of sp³-hybridized carbons (Fsp3) is 0.381. The number of hydrogen-bond acceptors (Lipinski definition) is 7. The Bertz CT molecular complexity index is 909. The second-order valence-corrected chi connectivity index (χ2v) is 7.82. The van der Waals surface area contributed by atoms with E-state index >= 15 is 0 Å². The van der Waals surface area contributed by atoms with Crippen LogP contribution in [0.25, 0.3) is 10.4 Å². The number of ether oxygens (including phenoxy) is 4. The van der Waals surface area contributed by atoms with E-state index in [4.69, 9.17) is 18.9 Å². The minimum absolute atomic E-state index is 0.276. The van der Waals surface area contributed by atoms with Gasteiger partial charge < -0.3 is 18.9 Å².